The Balaban J connectivity index is 1.69. The van der Waals surface area contributed by atoms with Crippen LogP contribution < -0.4 is 15.4 Å². The van der Waals surface area contributed by atoms with Crippen LogP contribution in [0.15, 0.2) is 66.9 Å². The number of aromatic nitrogens is 1. The molecule has 26 heavy (non-hydrogen) atoms. The highest BCUT2D eigenvalue weighted by Gasteiger charge is 2.08. The highest BCUT2D eigenvalue weighted by atomic mass is 19.1. The fourth-order valence-electron chi connectivity index (χ4n) is 2.36. The Hall–Kier alpha value is -3.41. The van der Waals surface area contributed by atoms with Crippen LogP contribution in [0.3, 0.4) is 0 Å². The molecule has 0 saturated carbocycles. The van der Waals surface area contributed by atoms with Crippen LogP contribution in [0.4, 0.5) is 21.6 Å². The molecule has 2 aromatic carbocycles. The fraction of sp³-hybridized carbons (Fsp3) is 0.100. The summed E-state index contributed by atoms with van der Waals surface area (Å²) in [7, 11) is 0. The number of carbonyl (C=O) groups is 1. The average Bonchev–Trinajstić information content (AvgIpc) is 2.64. The summed E-state index contributed by atoms with van der Waals surface area (Å²) in [6.45, 7) is 2.50. The van der Waals surface area contributed by atoms with E-state index < -0.39 is 0 Å². The Morgan fingerprint density at radius 3 is 2.62 bits per heavy atom. The number of halogens is 1. The van der Waals surface area contributed by atoms with Crippen LogP contribution in [0.5, 0.6) is 5.75 Å². The SMILES string of the molecule is CCOc1ccc(NC(=O)c2ccnc(Nc3cccc(F)c3)c2)cc1. The first-order valence-corrected chi connectivity index (χ1v) is 8.17. The van der Waals surface area contributed by atoms with Gasteiger partial charge in [-0.05, 0) is 61.5 Å². The topological polar surface area (TPSA) is 63.2 Å². The molecule has 0 aliphatic carbocycles. The van der Waals surface area contributed by atoms with Crippen molar-refractivity contribution in [3.63, 3.8) is 0 Å². The molecule has 0 saturated heterocycles. The van der Waals surface area contributed by atoms with Crippen molar-refractivity contribution in [3.05, 3.63) is 78.2 Å². The van der Waals surface area contributed by atoms with Gasteiger partial charge in [0.15, 0.2) is 0 Å². The van der Waals surface area contributed by atoms with Gasteiger partial charge in [0.2, 0.25) is 0 Å². The maximum absolute atomic E-state index is 13.3. The van der Waals surface area contributed by atoms with Gasteiger partial charge in [-0.25, -0.2) is 9.37 Å². The molecule has 0 bridgehead atoms. The Kier molecular flexibility index (Phi) is 5.43. The van der Waals surface area contributed by atoms with E-state index in [9.17, 15) is 9.18 Å². The van der Waals surface area contributed by atoms with Gasteiger partial charge in [0.05, 0.1) is 6.61 Å². The molecule has 1 aromatic heterocycles. The first kappa shape index (κ1) is 17.4. The van der Waals surface area contributed by atoms with Gasteiger partial charge < -0.3 is 15.4 Å². The lowest BCUT2D eigenvalue weighted by molar-refractivity contribution is 0.102. The number of nitrogens with one attached hydrogen (secondary N) is 2. The van der Waals surface area contributed by atoms with E-state index in [-0.39, 0.29) is 11.7 Å². The lowest BCUT2D eigenvalue weighted by Crippen LogP contribution is -2.12. The minimum Gasteiger partial charge on any atom is -0.494 e. The summed E-state index contributed by atoms with van der Waals surface area (Å²) in [5, 5.41) is 5.80. The van der Waals surface area contributed by atoms with Crippen LogP contribution in [-0.2, 0) is 0 Å². The molecule has 0 radical (unpaired) electrons. The number of anilines is 3. The smallest absolute Gasteiger partial charge is 0.255 e. The zero-order chi connectivity index (χ0) is 18.4. The Morgan fingerprint density at radius 2 is 1.88 bits per heavy atom. The van der Waals surface area contributed by atoms with Crippen molar-refractivity contribution in [3.8, 4) is 5.75 Å². The maximum Gasteiger partial charge on any atom is 0.255 e. The van der Waals surface area contributed by atoms with Crippen molar-refractivity contribution in [2.24, 2.45) is 0 Å². The number of hydrogen-bond acceptors (Lipinski definition) is 4. The largest absolute Gasteiger partial charge is 0.494 e. The van der Waals surface area contributed by atoms with Crippen molar-refractivity contribution >= 4 is 23.1 Å². The van der Waals surface area contributed by atoms with E-state index in [4.69, 9.17) is 4.74 Å². The molecule has 1 heterocycles. The van der Waals surface area contributed by atoms with Crippen LogP contribution in [-0.4, -0.2) is 17.5 Å². The summed E-state index contributed by atoms with van der Waals surface area (Å²) in [5.74, 6) is 0.587. The van der Waals surface area contributed by atoms with Gasteiger partial charge in [-0.1, -0.05) is 6.07 Å². The zero-order valence-corrected chi connectivity index (χ0v) is 14.2. The second-order valence-electron chi connectivity index (χ2n) is 5.48. The Bertz CT molecular complexity index is 898. The van der Waals surface area contributed by atoms with Gasteiger partial charge in [0.1, 0.15) is 17.4 Å². The molecule has 0 fully saturated rings. The van der Waals surface area contributed by atoms with Crippen LogP contribution in [0.1, 0.15) is 17.3 Å². The van der Waals surface area contributed by atoms with Crippen molar-refractivity contribution in [2.45, 2.75) is 6.92 Å². The van der Waals surface area contributed by atoms with Gasteiger partial charge >= 0.3 is 0 Å². The highest BCUT2D eigenvalue weighted by molar-refractivity contribution is 6.04. The van der Waals surface area contributed by atoms with E-state index in [1.165, 1.54) is 18.3 Å². The number of ether oxygens (including phenoxy) is 1. The summed E-state index contributed by atoms with van der Waals surface area (Å²) in [6, 6.07) is 16.4. The molecule has 0 unspecified atom stereocenters. The van der Waals surface area contributed by atoms with Crippen LogP contribution in [0.25, 0.3) is 0 Å². The quantitative estimate of drug-likeness (QED) is 0.680. The predicted octanol–water partition coefficient (Wildman–Crippen LogP) is 4.62. The second-order valence-corrected chi connectivity index (χ2v) is 5.48. The number of benzene rings is 2. The summed E-state index contributed by atoms with van der Waals surface area (Å²) < 4.78 is 18.6. The van der Waals surface area contributed by atoms with E-state index in [0.29, 0.717) is 29.4 Å². The lowest BCUT2D eigenvalue weighted by atomic mass is 10.2. The van der Waals surface area contributed by atoms with Crippen LogP contribution >= 0.6 is 0 Å². The molecule has 6 heteroatoms. The fourth-order valence-corrected chi connectivity index (χ4v) is 2.36. The Labute approximate surface area is 150 Å². The molecule has 0 aliphatic heterocycles. The predicted molar refractivity (Wildman–Crippen MR) is 99.5 cm³/mol. The summed E-state index contributed by atoms with van der Waals surface area (Å²) in [5.41, 5.74) is 1.66. The number of amides is 1. The van der Waals surface area contributed by atoms with E-state index in [1.54, 1.807) is 48.5 Å². The summed E-state index contributed by atoms with van der Waals surface area (Å²) in [6.07, 6.45) is 1.52. The molecule has 0 spiro atoms. The standard InChI is InChI=1S/C20H18FN3O2/c1-2-26-18-8-6-16(7-9-18)24-20(25)14-10-11-22-19(12-14)23-17-5-3-4-15(21)13-17/h3-13H,2H2,1H3,(H,22,23)(H,24,25). The molecule has 132 valence electrons. The van der Waals surface area contributed by atoms with E-state index in [1.807, 2.05) is 6.92 Å². The first-order valence-electron chi connectivity index (χ1n) is 8.17. The number of hydrogen-bond donors (Lipinski definition) is 2. The Morgan fingerprint density at radius 1 is 1.08 bits per heavy atom. The third kappa shape index (κ3) is 4.57. The monoisotopic (exact) mass is 351 g/mol. The summed E-state index contributed by atoms with van der Waals surface area (Å²) in [4.78, 5) is 16.6. The van der Waals surface area contributed by atoms with Gasteiger partial charge in [-0.15, -0.1) is 0 Å². The van der Waals surface area contributed by atoms with Crippen molar-refractivity contribution < 1.29 is 13.9 Å². The molecular weight excluding hydrogens is 333 g/mol. The first-order chi connectivity index (χ1) is 12.6. The zero-order valence-electron chi connectivity index (χ0n) is 14.2. The van der Waals surface area contributed by atoms with Crippen LogP contribution in [0.2, 0.25) is 0 Å². The molecule has 1 amide bonds. The van der Waals surface area contributed by atoms with Crippen molar-refractivity contribution in [1.82, 2.24) is 4.98 Å². The molecular formula is C20H18FN3O2. The number of rotatable bonds is 6. The molecule has 3 rings (SSSR count). The highest BCUT2D eigenvalue weighted by Crippen LogP contribution is 2.19. The average molecular weight is 351 g/mol. The molecule has 3 aromatic rings. The van der Waals surface area contributed by atoms with Gasteiger partial charge in [0, 0.05) is 23.1 Å². The van der Waals surface area contributed by atoms with Crippen molar-refractivity contribution in [1.29, 1.82) is 0 Å². The second kappa shape index (κ2) is 8.11. The molecule has 0 aliphatic rings. The minimum absolute atomic E-state index is 0.265. The van der Waals surface area contributed by atoms with Gasteiger partial charge in [0.25, 0.3) is 5.91 Å². The third-order valence-electron chi connectivity index (χ3n) is 3.54. The number of pyridine rings is 1. The van der Waals surface area contributed by atoms with Gasteiger partial charge in [-0.3, -0.25) is 4.79 Å². The molecule has 2 N–H and O–H groups in total. The molecule has 0 atom stereocenters. The van der Waals surface area contributed by atoms with Crippen molar-refractivity contribution in [2.75, 3.05) is 17.2 Å². The van der Waals surface area contributed by atoms with E-state index in [0.717, 1.165) is 5.75 Å². The maximum atomic E-state index is 13.3. The number of carbonyl (C=O) groups excluding carboxylic acids is 1. The van der Waals surface area contributed by atoms with E-state index in [2.05, 4.69) is 15.6 Å². The molecule has 5 nitrogen and oxygen atoms in total. The minimum atomic E-state index is -0.348. The van der Waals surface area contributed by atoms with E-state index >= 15 is 0 Å². The third-order valence-corrected chi connectivity index (χ3v) is 3.54. The number of nitrogens with zero attached hydrogens (tertiary/aromatic N) is 1. The lowest BCUT2D eigenvalue weighted by Gasteiger charge is -2.09. The summed E-state index contributed by atoms with van der Waals surface area (Å²) >= 11 is 0. The van der Waals surface area contributed by atoms with Gasteiger partial charge in [-0.2, -0.15) is 0 Å². The normalized spacial score (nSPS) is 10.2. The van der Waals surface area contributed by atoms with Crippen LogP contribution in [0, 0.1) is 5.82 Å².